The molecule has 102 valence electrons. The number of hydrogen-bond acceptors (Lipinski definition) is 3. The van der Waals surface area contributed by atoms with Crippen molar-refractivity contribution < 1.29 is 4.74 Å². The molecule has 0 aromatic heterocycles. The van der Waals surface area contributed by atoms with Crippen LogP contribution in [0.4, 0.5) is 0 Å². The average molecular weight is 258 g/mol. The number of methoxy groups -OCH3 is 1. The van der Waals surface area contributed by atoms with Gasteiger partial charge >= 0.3 is 0 Å². The number of benzene rings is 2. The van der Waals surface area contributed by atoms with E-state index in [4.69, 9.17) is 4.74 Å². The quantitative estimate of drug-likeness (QED) is 0.836. The van der Waals surface area contributed by atoms with Crippen LogP contribution in [-0.2, 0) is 0 Å². The fourth-order valence-corrected chi connectivity index (χ4v) is 2.35. The molecule has 0 saturated heterocycles. The van der Waals surface area contributed by atoms with Gasteiger partial charge in [-0.1, -0.05) is 18.2 Å². The smallest absolute Gasteiger partial charge is 0.119 e. The fraction of sp³-hybridized carbons (Fsp3) is 0.375. The Morgan fingerprint density at radius 1 is 1.05 bits per heavy atom. The van der Waals surface area contributed by atoms with Gasteiger partial charge < -0.3 is 15.4 Å². The summed E-state index contributed by atoms with van der Waals surface area (Å²) < 4.78 is 5.25. The molecule has 2 rings (SSSR count). The summed E-state index contributed by atoms with van der Waals surface area (Å²) in [7, 11) is 5.70. The van der Waals surface area contributed by atoms with Gasteiger partial charge in [0.25, 0.3) is 0 Å². The first-order chi connectivity index (χ1) is 9.28. The highest BCUT2D eigenvalue weighted by Gasteiger charge is 2.09. The highest BCUT2D eigenvalue weighted by Crippen LogP contribution is 2.25. The second kappa shape index (κ2) is 6.55. The summed E-state index contributed by atoms with van der Waals surface area (Å²) in [4.78, 5) is 0. The van der Waals surface area contributed by atoms with Gasteiger partial charge in [0.1, 0.15) is 5.75 Å². The van der Waals surface area contributed by atoms with Gasteiger partial charge in [-0.2, -0.15) is 0 Å². The predicted molar refractivity (Wildman–Crippen MR) is 80.8 cm³/mol. The summed E-state index contributed by atoms with van der Waals surface area (Å²) in [6, 6.07) is 13.2. The maximum atomic E-state index is 5.25. The Morgan fingerprint density at radius 3 is 2.47 bits per heavy atom. The molecule has 2 aromatic rings. The highest BCUT2D eigenvalue weighted by atomic mass is 16.5. The lowest BCUT2D eigenvalue weighted by molar-refractivity contribution is 0.415. The topological polar surface area (TPSA) is 33.3 Å². The Kier molecular flexibility index (Phi) is 4.77. The van der Waals surface area contributed by atoms with Gasteiger partial charge in [-0.3, -0.25) is 0 Å². The molecule has 0 aliphatic rings. The van der Waals surface area contributed by atoms with E-state index in [-0.39, 0.29) is 0 Å². The Morgan fingerprint density at radius 2 is 1.79 bits per heavy atom. The fourth-order valence-electron chi connectivity index (χ4n) is 2.35. The van der Waals surface area contributed by atoms with Crippen molar-refractivity contribution in [2.75, 3.05) is 27.7 Å². The largest absolute Gasteiger partial charge is 0.497 e. The van der Waals surface area contributed by atoms with Gasteiger partial charge in [-0.15, -0.1) is 0 Å². The molecule has 0 spiro atoms. The van der Waals surface area contributed by atoms with Crippen molar-refractivity contribution in [3.05, 3.63) is 42.0 Å². The molecule has 0 aliphatic carbocycles. The first kappa shape index (κ1) is 13.8. The van der Waals surface area contributed by atoms with Crippen LogP contribution in [0.2, 0.25) is 0 Å². The lowest BCUT2D eigenvalue weighted by atomic mass is 9.99. The molecular weight excluding hydrogens is 236 g/mol. The van der Waals surface area contributed by atoms with Crippen LogP contribution in [0.5, 0.6) is 5.75 Å². The van der Waals surface area contributed by atoms with E-state index < -0.39 is 0 Å². The lowest BCUT2D eigenvalue weighted by Gasteiger charge is -2.17. The second-order valence-corrected chi connectivity index (χ2v) is 4.71. The number of ether oxygens (including phenoxy) is 1. The minimum Gasteiger partial charge on any atom is -0.497 e. The van der Waals surface area contributed by atoms with E-state index in [9.17, 15) is 0 Å². The first-order valence-corrected chi connectivity index (χ1v) is 6.68. The summed E-state index contributed by atoms with van der Waals surface area (Å²) in [5, 5.41) is 9.04. The molecule has 0 aliphatic heterocycles. The van der Waals surface area contributed by atoms with Crippen LogP contribution in [0.25, 0.3) is 10.8 Å². The van der Waals surface area contributed by atoms with E-state index in [1.165, 1.54) is 16.3 Å². The van der Waals surface area contributed by atoms with E-state index in [1.807, 2.05) is 20.2 Å². The minimum absolute atomic E-state index is 0.388. The van der Waals surface area contributed by atoms with Gasteiger partial charge in [0.15, 0.2) is 0 Å². The van der Waals surface area contributed by atoms with Crippen molar-refractivity contribution in [1.82, 2.24) is 10.6 Å². The van der Waals surface area contributed by atoms with Crippen LogP contribution in [0.15, 0.2) is 36.4 Å². The molecular formula is C16H22N2O. The molecule has 1 unspecified atom stereocenters. The summed E-state index contributed by atoms with van der Waals surface area (Å²) in [6.45, 7) is 1.01. The first-order valence-electron chi connectivity index (χ1n) is 6.68. The summed E-state index contributed by atoms with van der Waals surface area (Å²) >= 11 is 0. The Hall–Kier alpha value is -1.58. The molecule has 0 saturated carbocycles. The van der Waals surface area contributed by atoms with Gasteiger partial charge in [0, 0.05) is 6.04 Å². The molecule has 1 atom stereocenters. The molecule has 3 nitrogen and oxygen atoms in total. The lowest BCUT2D eigenvalue weighted by Crippen LogP contribution is -2.21. The maximum Gasteiger partial charge on any atom is 0.119 e. The SMILES string of the molecule is CNCCC(NC)c1ccc2cc(OC)ccc2c1. The number of rotatable bonds is 6. The number of fused-ring (bicyclic) bond motifs is 1. The highest BCUT2D eigenvalue weighted by molar-refractivity contribution is 5.84. The van der Waals surface area contributed by atoms with Gasteiger partial charge in [-0.25, -0.2) is 0 Å². The zero-order valence-electron chi connectivity index (χ0n) is 11.9. The van der Waals surface area contributed by atoms with E-state index >= 15 is 0 Å². The molecule has 3 heteroatoms. The summed E-state index contributed by atoms with van der Waals surface area (Å²) in [5.41, 5.74) is 1.33. The van der Waals surface area contributed by atoms with Gasteiger partial charge in [-0.05, 0) is 61.6 Å². The van der Waals surface area contributed by atoms with Crippen LogP contribution in [-0.4, -0.2) is 27.7 Å². The van der Waals surface area contributed by atoms with E-state index in [1.54, 1.807) is 7.11 Å². The summed E-state index contributed by atoms with van der Waals surface area (Å²) in [5.74, 6) is 0.903. The van der Waals surface area contributed by atoms with Crippen molar-refractivity contribution in [3.8, 4) is 5.75 Å². The number of nitrogens with one attached hydrogen (secondary N) is 2. The van der Waals surface area contributed by atoms with Crippen LogP contribution in [0.1, 0.15) is 18.0 Å². The maximum absolute atomic E-state index is 5.25. The standard InChI is InChI=1S/C16H22N2O/c1-17-9-8-16(18-2)14-5-4-13-11-15(19-3)7-6-12(13)10-14/h4-7,10-11,16-18H,8-9H2,1-3H3. The zero-order chi connectivity index (χ0) is 13.7. The van der Waals surface area contributed by atoms with Crippen LogP contribution in [0, 0.1) is 0 Å². The Bertz CT molecular complexity index is 539. The molecule has 0 amide bonds. The van der Waals surface area contributed by atoms with Crippen LogP contribution in [0.3, 0.4) is 0 Å². The molecule has 0 radical (unpaired) electrons. The second-order valence-electron chi connectivity index (χ2n) is 4.71. The van der Waals surface area contributed by atoms with Gasteiger partial charge in [0.2, 0.25) is 0 Å². The monoisotopic (exact) mass is 258 g/mol. The van der Waals surface area contributed by atoms with E-state index in [0.29, 0.717) is 6.04 Å². The van der Waals surface area contributed by atoms with Crippen LogP contribution < -0.4 is 15.4 Å². The third-order valence-electron chi connectivity index (χ3n) is 3.51. The average Bonchev–Trinajstić information content (AvgIpc) is 2.47. The third-order valence-corrected chi connectivity index (χ3v) is 3.51. The summed E-state index contributed by atoms with van der Waals surface area (Å²) in [6.07, 6.45) is 1.08. The van der Waals surface area contributed by atoms with Crippen molar-refractivity contribution >= 4 is 10.8 Å². The zero-order valence-corrected chi connectivity index (χ0v) is 11.9. The third kappa shape index (κ3) is 3.25. The Balaban J connectivity index is 2.29. The van der Waals surface area contributed by atoms with Crippen LogP contribution >= 0.6 is 0 Å². The molecule has 0 bridgehead atoms. The molecule has 0 heterocycles. The van der Waals surface area contributed by atoms with E-state index in [0.717, 1.165) is 18.7 Å². The normalized spacial score (nSPS) is 12.6. The molecule has 2 aromatic carbocycles. The molecule has 19 heavy (non-hydrogen) atoms. The van der Waals surface area contributed by atoms with Gasteiger partial charge in [0.05, 0.1) is 7.11 Å². The van der Waals surface area contributed by atoms with Crippen molar-refractivity contribution in [3.63, 3.8) is 0 Å². The van der Waals surface area contributed by atoms with Crippen molar-refractivity contribution in [1.29, 1.82) is 0 Å². The van der Waals surface area contributed by atoms with E-state index in [2.05, 4.69) is 41.0 Å². The van der Waals surface area contributed by atoms with Crippen molar-refractivity contribution in [2.24, 2.45) is 0 Å². The predicted octanol–water partition coefficient (Wildman–Crippen LogP) is 2.72. The molecule has 0 fully saturated rings. The number of hydrogen-bond donors (Lipinski definition) is 2. The molecule has 2 N–H and O–H groups in total. The Labute approximate surface area is 115 Å². The minimum atomic E-state index is 0.388. The van der Waals surface area contributed by atoms with Crippen molar-refractivity contribution in [2.45, 2.75) is 12.5 Å².